The number of aryl methyl sites for hydroxylation is 2. The summed E-state index contributed by atoms with van der Waals surface area (Å²) in [5, 5.41) is 16.3. The Morgan fingerprint density at radius 2 is 1.79 bits per heavy atom. The van der Waals surface area contributed by atoms with Crippen LogP contribution in [0.3, 0.4) is 0 Å². The Labute approximate surface area is 252 Å². The quantitative estimate of drug-likeness (QED) is 0.186. The lowest BCUT2D eigenvalue weighted by Gasteiger charge is -2.31. The van der Waals surface area contributed by atoms with Crippen molar-refractivity contribution in [3.63, 3.8) is 0 Å². The van der Waals surface area contributed by atoms with Crippen molar-refractivity contribution in [2.24, 2.45) is 5.41 Å². The van der Waals surface area contributed by atoms with E-state index in [1.165, 1.54) is 23.1 Å². The van der Waals surface area contributed by atoms with Crippen molar-refractivity contribution >= 4 is 46.2 Å². The molecule has 0 saturated carbocycles. The highest BCUT2D eigenvalue weighted by atomic mass is 35.5. The number of ether oxygens (including phenoxy) is 1. The van der Waals surface area contributed by atoms with Crippen LogP contribution in [0.1, 0.15) is 77.1 Å². The van der Waals surface area contributed by atoms with Crippen LogP contribution in [0.25, 0.3) is 0 Å². The summed E-state index contributed by atoms with van der Waals surface area (Å²) >= 11 is 6.51. The van der Waals surface area contributed by atoms with Crippen molar-refractivity contribution in [1.29, 1.82) is 0 Å². The summed E-state index contributed by atoms with van der Waals surface area (Å²) in [5.74, 6) is 0.0697. The molecule has 0 unspecified atom stereocenters. The Morgan fingerprint density at radius 3 is 2.40 bits per heavy atom. The second-order valence-electron chi connectivity index (χ2n) is 11.6. The molecule has 0 aliphatic carbocycles. The van der Waals surface area contributed by atoms with E-state index in [9.17, 15) is 24.3 Å². The third-order valence-corrected chi connectivity index (χ3v) is 7.98. The number of carbonyl (C=O) groups is 2. The lowest BCUT2D eigenvalue weighted by atomic mass is 9.84. The van der Waals surface area contributed by atoms with E-state index in [4.69, 9.17) is 20.8 Å². The van der Waals surface area contributed by atoms with Gasteiger partial charge in [-0.15, -0.1) is 0 Å². The number of carboxylic acids is 1. The molecule has 1 aliphatic heterocycles. The number of hydrogen-bond acceptors (Lipinski definition) is 8. The van der Waals surface area contributed by atoms with Gasteiger partial charge in [0.05, 0.1) is 41.7 Å². The summed E-state index contributed by atoms with van der Waals surface area (Å²) in [6.45, 7) is 11.9. The lowest BCUT2D eigenvalue weighted by molar-refractivity contribution is 0.0697. The molecule has 1 amide bonds. The first-order valence-electron chi connectivity index (χ1n) is 13.8. The number of carbonyl (C=O) groups excluding carboxylic acids is 1. The van der Waals surface area contributed by atoms with Crippen LogP contribution in [-0.4, -0.2) is 23.6 Å². The van der Waals surface area contributed by atoms with Crippen LogP contribution in [0.5, 0.6) is 5.75 Å². The van der Waals surface area contributed by atoms with Gasteiger partial charge in [-0.05, 0) is 62.1 Å². The first-order chi connectivity index (χ1) is 20.2. The third kappa shape index (κ3) is 5.27. The number of anilines is 4. The maximum Gasteiger partial charge on any atom is 0.337 e. The van der Waals surface area contributed by atoms with E-state index >= 15 is 0 Å². The van der Waals surface area contributed by atoms with E-state index in [2.05, 4.69) is 10.6 Å². The molecule has 2 heterocycles. The molecule has 4 aromatic rings. The highest BCUT2D eigenvalue weighted by Gasteiger charge is 2.37. The maximum absolute atomic E-state index is 13.9. The molecule has 0 saturated heterocycles. The number of halogens is 1. The van der Waals surface area contributed by atoms with Crippen LogP contribution >= 0.6 is 11.6 Å². The number of carboxylic acid groups (broad SMARTS) is 1. The van der Waals surface area contributed by atoms with Gasteiger partial charge in [-0.1, -0.05) is 32.4 Å². The number of hydrogen-bond donors (Lipinski definition) is 3. The number of nitrogens with one attached hydrogen (secondary N) is 2. The number of nitrogens with zero attached hydrogens (tertiary/aromatic N) is 1. The standard InChI is InChI=1S/C32H32ClN3O7/c1-7-42-17-8-9-18(31(40)41)22(13-17)36-14-19-20(33)10-11-21(24(19)30(36)39)34-25-26(28(38)27(25)37)35-29(32(4,5)6)23-12-15(2)16(3)43-23/h8-13,29,34-35H,7,14H2,1-6H3,(H,40,41)/t29-/m0/s1. The predicted molar refractivity (Wildman–Crippen MR) is 165 cm³/mol. The predicted octanol–water partition coefficient (Wildman–Crippen LogP) is 6.35. The molecule has 3 aromatic carbocycles. The van der Waals surface area contributed by atoms with Gasteiger partial charge < -0.3 is 29.8 Å². The molecule has 0 spiro atoms. The normalized spacial score (nSPS) is 13.7. The van der Waals surface area contributed by atoms with E-state index < -0.39 is 34.2 Å². The van der Waals surface area contributed by atoms with Crippen LogP contribution < -0.4 is 31.1 Å². The molecule has 5 rings (SSSR count). The molecular formula is C32H32ClN3O7. The van der Waals surface area contributed by atoms with Gasteiger partial charge in [-0.25, -0.2) is 4.79 Å². The summed E-state index contributed by atoms with van der Waals surface area (Å²) in [5.41, 5.74) is 0.203. The Kier molecular flexibility index (Phi) is 7.60. The minimum absolute atomic E-state index is 0.00129. The van der Waals surface area contributed by atoms with Crippen molar-refractivity contribution in [2.75, 3.05) is 22.1 Å². The van der Waals surface area contributed by atoms with E-state index in [-0.39, 0.29) is 40.4 Å². The number of amides is 1. The zero-order valence-electron chi connectivity index (χ0n) is 24.7. The van der Waals surface area contributed by atoms with Gasteiger partial charge in [0.1, 0.15) is 28.6 Å². The molecule has 3 N–H and O–H groups in total. The fourth-order valence-corrected chi connectivity index (χ4v) is 5.46. The summed E-state index contributed by atoms with van der Waals surface area (Å²) in [7, 11) is 0. The number of furan rings is 1. The fourth-order valence-electron chi connectivity index (χ4n) is 5.24. The maximum atomic E-state index is 13.9. The molecule has 1 aliphatic rings. The van der Waals surface area contributed by atoms with Crippen LogP contribution in [0, 0.1) is 19.3 Å². The zero-order valence-corrected chi connectivity index (χ0v) is 25.4. The van der Waals surface area contributed by atoms with Gasteiger partial charge in [-0.3, -0.25) is 14.4 Å². The molecule has 10 nitrogen and oxygen atoms in total. The van der Waals surface area contributed by atoms with Gasteiger partial charge in [0.2, 0.25) is 0 Å². The highest BCUT2D eigenvalue weighted by molar-refractivity contribution is 6.33. The van der Waals surface area contributed by atoms with Gasteiger partial charge in [0, 0.05) is 16.7 Å². The SMILES string of the molecule is CCOc1ccc(C(=O)O)c(N2Cc3c(Cl)ccc(Nc4c(N[C@@H](c5cc(C)c(C)o5)C(C)(C)C)c(=O)c4=O)c3C2=O)c1. The zero-order chi connectivity index (χ0) is 31.4. The lowest BCUT2D eigenvalue weighted by Crippen LogP contribution is -2.39. The monoisotopic (exact) mass is 605 g/mol. The second kappa shape index (κ2) is 10.9. The minimum atomic E-state index is -1.21. The van der Waals surface area contributed by atoms with Gasteiger partial charge in [-0.2, -0.15) is 0 Å². The average Bonchev–Trinajstić information content (AvgIpc) is 3.47. The molecule has 11 heteroatoms. The molecule has 0 fully saturated rings. The molecular weight excluding hydrogens is 574 g/mol. The Balaban J connectivity index is 1.52. The first-order valence-corrected chi connectivity index (χ1v) is 14.2. The first kappa shape index (κ1) is 29.9. The number of fused-ring (bicyclic) bond motifs is 1. The van der Waals surface area contributed by atoms with Crippen molar-refractivity contribution in [2.45, 2.75) is 54.1 Å². The minimum Gasteiger partial charge on any atom is -0.494 e. The fraction of sp³-hybridized carbons (Fsp3) is 0.312. The average molecular weight is 606 g/mol. The molecule has 0 radical (unpaired) electrons. The molecule has 1 aromatic heterocycles. The van der Waals surface area contributed by atoms with Crippen LogP contribution in [0.2, 0.25) is 5.02 Å². The molecule has 1 atom stereocenters. The summed E-state index contributed by atoms with van der Waals surface area (Å²) in [4.78, 5) is 52.8. The van der Waals surface area contributed by atoms with Crippen molar-refractivity contribution in [1.82, 2.24) is 0 Å². The Bertz CT molecular complexity index is 1820. The van der Waals surface area contributed by atoms with Crippen LogP contribution in [0.4, 0.5) is 22.7 Å². The largest absolute Gasteiger partial charge is 0.494 e. The van der Waals surface area contributed by atoms with E-state index in [0.717, 1.165) is 11.3 Å². The number of rotatable bonds is 9. The van der Waals surface area contributed by atoms with E-state index in [0.29, 0.717) is 28.7 Å². The topological polar surface area (TPSA) is 138 Å². The number of benzene rings is 2. The summed E-state index contributed by atoms with van der Waals surface area (Å²) in [6, 6.07) is 9.01. The summed E-state index contributed by atoms with van der Waals surface area (Å²) in [6.07, 6.45) is 0. The van der Waals surface area contributed by atoms with E-state index in [1.807, 2.05) is 40.7 Å². The van der Waals surface area contributed by atoms with Crippen molar-refractivity contribution in [3.8, 4) is 5.75 Å². The molecule has 0 bridgehead atoms. The van der Waals surface area contributed by atoms with Crippen molar-refractivity contribution < 1.29 is 23.8 Å². The molecule has 224 valence electrons. The Morgan fingerprint density at radius 1 is 1.09 bits per heavy atom. The van der Waals surface area contributed by atoms with E-state index in [1.54, 1.807) is 19.1 Å². The van der Waals surface area contributed by atoms with Crippen LogP contribution in [-0.2, 0) is 6.54 Å². The Hall–Kier alpha value is -4.57. The number of aromatic carboxylic acids is 1. The van der Waals surface area contributed by atoms with Crippen LogP contribution in [0.15, 0.2) is 50.4 Å². The molecule has 43 heavy (non-hydrogen) atoms. The second-order valence-corrected chi connectivity index (χ2v) is 12.0. The van der Waals surface area contributed by atoms with Gasteiger partial charge >= 0.3 is 5.97 Å². The van der Waals surface area contributed by atoms with Gasteiger partial charge in [0.15, 0.2) is 0 Å². The van der Waals surface area contributed by atoms with Crippen molar-refractivity contribution in [3.05, 3.63) is 95.6 Å². The smallest absolute Gasteiger partial charge is 0.337 e. The summed E-state index contributed by atoms with van der Waals surface area (Å²) < 4.78 is 11.5. The van der Waals surface area contributed by atoms with Gasteiger partial charge in [0.25, 0.3) is 16.8 Å². The highest BCUT2D eigenvalue weighted by Crippen LogP contribution is 2.42. The third-order valence-electron chi connectivity index (χ3n) is 7.63.